The summed E-state index contributed by atoms with van der Waals surface area (Å²) in [6, 6.07) is 6.15. The van der Waals surface area contributed by atoms with E-state index in [9.17, 15) is 9.18 Å². The van der Waals surface area contributed by atoms with E-state index in [1.165, 1.54) is 6.07 Å². The summed E-state index contributed by atoms with van der Waals surface area (Å²) in [6.07, 6.45) is 0. The van der Waals surface area contributed by atoms with Gasteiger partial charge in [0, 0.05) is 32.7 Å². The molecule has 2 N–H and O–H groups in total. The fraction of sp³-hybridized carbons (Fsp3) is 0.500. The lowest BCUT2D eigenvalue weighted by molar-refractivity contribution is -0.117. The number of rotatable bonds is 5. The summed E-state index contributed by atoms with van der Waals surface area (Å²) in [7, 11) is 0. The zero-order valence-electron chi connectivity index (χ0n) is 11.4. The van der Waals surface area contributed by atoms with E-state index in [0.717, 1.165) is 26.2 Å². The molecule has 1 aliphatic heterocycles. The van der Waals surface area contributed by atoms with Crippen LogP contribution in [0.5, 0.6) is 0 Å². The Bertz CT molecular complexity index is 448. The van der Waals surface area contributed by atoms with Crippen LogP contribution in [0.1, 0.15) is 0 Å². The third-order valence-electron chi connectivity index (χ3n) is 3.40. The molecule has 1 saturated heterocycles. The normalized spacial score (nSPS) is 17.1. The van der Waals surface area contributed by atoms with Crippen molar-refractivity contribution < 1.29 is 14.3 Å². The highest BCUT2D eigenvalue weighted by molar-refractivity contribution is 5.92. The van der Waals surface area contributed by atoms with Crippen LogP contribution in [-0.4, -0.2) is 66.7 Å². The number of aliphatic hydroxyl groups excluding tert-OH is 1. The molecule has 0 radical (unpaired) electrons. The third-order valence-corrected chi connectivity index (χ3v) is 3.40. The number of hydrogen-bond donors (Lipinski definition) is 2. The summed E-state index contributed by atoms with van der Waals surface area (Å²) in [4.78, 5) is 16.1. The van der Waals surface area contributed by atoms with Gasteiger partial charge in [0.2, 0.25) is 5.91 Å². The minimum Gasteiger partial charge on any atom is -0.395 e. The fourth-order valence-electron chi connectivity index (χ4n) is 2.27. The first kappa shape index (κ1) is 14.9. The number of carbonyl (C=O) groups excluding carboxylic acids is 1. The predicted octanol–water partition coefficient (Wildman–Crippen LogP) is 0.374. The van der Waals surface area contributed by atoms with E-state index in [1.54, 1.807) is 18.2 Å². The Morgan fingerprint density at radius 3 is 2.50 bits per heavy atom. The molecule has 1 fully saturated rings. The summed E-state index contributed by atoms with van der Waals surface area (Å²) in [5.74, 6) is -0.626. The van der Waals surface area contributed by atoms with Crippen molar-refractivity contribution in [2.75, 3.05) is 51.2 Å². The van der Waals surface area contributed by atoms with Crippen LogP contribution < -0.4 is 5.32 Å². The number of nitrogens with one attached hydrogen (secondary N) is 1. The molecule has 0 spiro atoms. The first-order valence-electron chi connectivity index (χ1n) is 6.79. The van der Waals surface area contributed by atoms with E-state index >= 15 is 0 Å². The van der Waals surface area contributed by atoms with E-state index in [-0.39, 0.29) is 24.7 Å². The number of para-hydroxylation sites is 1. The second-order valence-electron chi connectivity index (χ2n) is 4.87. The molecular weight excluding hydrogens is 261 g/mol. The van der Waals surface area contributed by atoms with Gasteiger partial charge in [-0.15, -0.1) is 0 Å². The van der Waals surface area contributed by atoms with Crippen molar-refractivity contribution in [1.29, 1.82) is 0 Å². The average molecular weight is 281 g/mol. The van der Waals surface area contributed by atoms with E-state index < -0.39 is 5.82 Å². The topological polar surface area (TPSA) is 55.8 Å². The highest BCUT2D eigenvalue weighted by atomic mass is 19.1. The SMILES string of the molecule is O=C(CN1CCN(CCO)CC1)Nc1ccccc1F. The Kier molecular flexibility index (Phi) is 5.46. The van der Waals surface area contributed by atoms with Crippen LogP contribution in [0.2, 0.25) is 0 Å². The highest BCUT2D eigenvalue weighted by Gasteiger charge is 2.18. The molecule has 1 heterocycles. The molecule has 20 heavy (non-hydrogen) atoms. The molecule has 0 aromatic heterocycles. The van der Waals surface area contributed by atoms with Gasteiger partial charge >= 0.3 is 0 Å². The van der Waals surface area contributed by atoms with Crippen LogP contribution in [0.25, 0.3) is 0 Å². The van der Waals surface area contributed by atoms with E-state index in [0.29, 0.717) is 6.54 Å². The number of hydrogen-bond acceptors (Lipinski definition) is 4. The van der Waals surface area contributed by atoms with Gasteiger partial charge in [0.25, 0.3) is 0 Å². The maximum Gasteiger partial charge on any atom is 0.238 e. The molecule has 2 rings (SSSR count). The Morgan fingerprint density at radius 1 is 1.20 bits per heavy atom. The third kappa shape index (κ3) is 4.26. The van der Waals surface area contributed by atoms with E-state index in [1.807, 2.05) is 4.90 Å². The zero-order chi connectivity index (χ0) is 14.4. The predicted molar refractivity (Wildman–Crippen MR) is 75.0 cm³/mol. The number of carbonyl (C=O) groups is 1. The van der Waals surface area contributed by atoms with Gasteiger partial charge in [0.05, 0.1) is 18.8 Å². The summed E-state index contributed by atoms with van der Waals surface area (Å²) in [6.45, 7) is 4.35. The monoisotopic (exact) mass is 281 g/mol. The average Bonchev–Trinajstić information content (AvgIpc) is 2.44. The highest BCUT2D eigenvalue weighted by Crippen LogP contribution is 2.12. The van der Waals surface area contributed by atoms with E-state index in [2.05, 4.69) is 10.2 Å². The van der Waals surface area contributed by atoms with Crippen LogP contribution >= 0.6 is 0 Å². The van der Waals surface area contributed by atoms with Crippen LogP contribution in [0, 0.1) is 5.82 Å². The fourth-order valence-corrected chi connectivity index (χ4v) is 2.27. The summed E-state index contributed by atoms with van der Waals surface area (Å²) < 4.78 is 13.4. The lowest BCUT2D eigenvalue weighted by atomic mass is 10.3. The summed E-state index contributed by atoms with van der Waals surface area (Å²) in [5, 5.41) is 11.4. The number of halogens is 1. The van der Waals surface area contributed by atoms with Crippen molar-refractivity contribution in [2.24, 2.45) is 0 Å². The van der Waals surface area contributed by atoms with Gasteiger partial charge in [-0.25, -0.2) is 4.39 Å². The number of piperazine rings is 1. The second kappa shape index (κ2) is 7.33. The van der Waals surface area contributed by atoms with Gasteiger partial charge in [-0.2, -0.15) is 0 Å². The second-order valence-corrected chi connectivity index (χ2v) is 4.87. The smallest absolute Gasteiger partial charge is 0.238 e. The molecule has 0 atom stereocenters. The first-order chi connectivity index (χ1) is 9.69. The minimum absolute atomic E-state index is 0.160. The molecular formula is C14H20FN3O2. The van der Waals surface area contributed by atoms with Crippen molar-refractivity contribution in [3.8, 4) is 0 Å². The Labute approximate surface area is 118 Å². The zero-order valence-corrected chi connectivity index (χ0v) is 11.4. The quantitative estimate of drug-likeness (QED) is 0.819. The Morgan fingerprint density at radius 2 is 1.85 bits per heavy atom. The molecule has 1 aromatic rings. The van der Waals surface area contributed by atoms with Crippen molar-refractivity contribution in [2.45, 2.75) is 0 Å². The summed E-state index contributed by atoms with van der Waals surface area (Å²) >= 11 is 0. The molecule has 0 aliphatic carbocycles. The largest absolute Gasteiger partial charge is 0.395 e. The van der Waals surface area contributed by atoms with Crippen LogP contribution in [0.3, 0.4) is 0 Å². The van der Waals surface area contributed by atoms with Gasteiger partial charge < -0.3 is 10.4 Å². The minimum atomic E-state index is -0.423. The lowest BCUT2D eigenvalue weighted by Gasteiger charge is -2.33. The molecule has 0 bridgehead atoms. The molecule has 5 nitrogen and oxygen atoms in total. The molecule has 0 unspecified atom stereocenters. The van der Waals surface area contributed by atoms with Gasteiger partial charge in [0.15, 0.2) is 0 Å². The molecule has 110 valence electrons. The molecule has 1 aliphatic rings. The maximum atomic E-state index is 13.4. The van der Waals surface area contributed by atoms with Crippen molar-refractivity contribution in [1.82, 2.24) is 9.80 Å². The van der Waals surface area contributed by atoms with Crippen molar-refractivity contribution >= 4 is 11.6 Å². The van der Waals surface area contributed by atoms with Crippen LogP contribution in [-0.2, 0) is 4.79 Å². The molecule has 1 amide bonds. The van der Waals surface area contributed by atoms with Gasteiger partial charge in [-0.1, -0.05) is 12.1 Å². The van der Waals surface area contributed by atoms with Gasteiger partial charge in [-0.3, -0.25) is 14.6 Å². The number of anilines is 1. The Balaban J connectivity index is 1.77. The maximum absolute atomic E-state index is 13.4. The number of aliphatic hydroxyl groups is 1. The molecule has 1 aromatic carbocycles. The van der Waals surface area contributed by atoms with E-state index in [4.69, 9.17) is 5.11 Å². The van der Waals surface area contributed by atoms with Gasteiger partial charge in [-0.05, 0) is 12.1 Å². The number of amides is 1. The summed E-state index contributed by atoms with van der Waals surface area (Å²) in [5.41, 5.74) is 0.219. The first-order valence-corrected chi connectivity index (χ1v) is 6.79. The van der Waals surface area contributed by atoms with Gasteiger partial charge in [0.1, 0.15) is 5.82 Å². The lowest BCUT2D eigenvalue weighted by Crippen LogP contribution is -2.49. The number of nitrogens with zero attached hydrogens (tertiary/aromatic N) is 2. The molecule has 0 saturated carbocycles. The Hall–Kier alpha value is -1.50. The standard InChI is InChI=1S/C14H20FN3O2/c15-12-3-1-2-4-13(12)16-14(20)11-18-7-5-17(6-8-18)9-10-19/h1-4,19H,5-11H2,(H,16,20). The number of β-amino-alcohol motifs (C(OH)–C–C–N with tert-alkyl or cyclic N) is 1. The van der Waals surface area contributed by atoms with Crippen molar-refractivity contribution in [3.05, 3.63) is 30.1 Å². The molecule has 6 heteroatoms. The van der Waals surface area contributed by atoms with Crippen LogP contribution in [0.4, 0.5) is 10.1 Å². The van der Waals surface area contributed by atoms with Crippen LogP contribution in [0.15, 0.2) is 24.3 Å². The number of benzene rings is 1. The van der Waals surface area contributed by atoms with Crippen molar-refractivity contribution in [3.63, 3.8) is 0 Å².